The Morgan fingerprint density at radius 2 is 2.00 bits per heavy atom. The molecule has 0 unspecified atom stereocenters. The molecule has 0 spiro atoms. The average molecular weight is 289 g/mol. The minimum absolute atomic E-state index is 0.605. The summed E-state index contributed by atoms with van der Waals surface area (Å²) in [5.41, 5.74) is 2.26. The highest BCUT2D eigenvalue weighted by Crippen LogP contribution is 2.13. The van der Waals surface area contributed by atoms with Crippen molar-refractivity contribution in [3.8, 4) is 5.88 Å². The minimum Gasteiger partial charge on any atom is -0.478 e. The SMILES string of the molecule is CCOc1cc(NCCCn2nc(C)cc2C)nc(C)n1. The second-order valence-corrected chi connectivity index (χ2v) is 5.00. The number of aromatic nitrogens is 4. The molecule has 0 aromatic carbocycles. The fourth-order valence-corrected chi connectivity index (χ4v) is 2.20. The number of hydrogen-bond donors (Lipinski definition) is 1. The van der Waals surface area contributed by atoms with Crippen LogP contribution in [0.4, 0.5) is 5.82 Å². The van der Waals surface area contributed by atoms with E-state index in [2.05, 4.69) is 33.4 Å². The van der Waals surface area contributed by atoms with Gasteiger partial charge in [0.2, 0.25) is 5.88 Å². The summed E-state index contributed by atoms with van der Waals surface area (Å²) in [6.07, 6.45) is 0.981. The zero-order valence-electron chi connectivity index (χ0n) is 13.2. The maximum absolute atomic E-state index is 5.42. The van der Waals surface area contributed by atoms with Crippen molar-refractivity contribution in [3.05, 3.63) is 29.3 Å². The lowest BCUT2D eigenvalue weighted by molar-refractivity contribution is 0.325. The monoisotopic (exact) mass is 289 g/mol. The molecular formula is C15H23N5O. The van der Waals surface area contributed by atoms with Crippen LogP contribution in [0.2, 0.25) is 0 Å². The van der Waals surface area contributed by atoms with Gasteiger partial charge in [0.25, 0.3) is 0 Å². The van der Waals surface area contributed by atoms with Crippen LogP contribution in [0.1, 0.15) is 30.6 Å². The first-order valence-corrected chi connectivity index (χ1v) is 7.32. The van der Waals surface area contributed by atoms with Crippen LogP contribution in [0.25, 0.3) is 0 Å². The van der Waals surface area contributed by atoms with E-state index in [1.165, 1.54) is 5.69 Å². The molecule has 0 saturated carbocycles. The largest absolute Gasteiger partial charge is 0.478 e. The van der Waals surface area contributed by atoms with Crippen LogP contribution in [-0.2, 0) is 6.54 Å². The molecular weight excluding hydrogens is 266 g/mol. The first-order valence-electron chi connectivity index (χ1n) is 7.32. The van der Waals surface area contributed by atoms with Crippen LogP contribution in [0, 0.1) is 20.8 Å². The molecule has 0 saturated heterocycles. The quantitative estimate of drug-likeness (QED) is 0.793. The highest BCUT2D eigenvalue weighted by atomic mass is 16.5. The van der Waals surface area contributed by atoms with Gasteiger partial charge in [-0.2, -0.15) is 10.1 Å². The van der Waals surface area contributed by atoms with Crippen molar-refractivity contribution in [2.45, 2.75) is 40.7 Å². The number of rotatable bonds is 7. The van der Waals surface area contributed by atoms with Gasteiger partial charge in [-0.25, -0.2) is 4.98 Å². The highest BCUT2D eigenvalue weighted by Gasteiger charge is 2.03. The zero-order chi connectivity index (χ0) is 15.2. The molecule has 1 N–H and O–H groups in total. The molecule has 2 aromatic heterocycles. The van der Waals surface area contributed by atoms with Crippen LogP contribution >= 0.6 is 0 Å². The van der Waals surface area contributed by atoms with Crippen molar-refractivity contribution in [1.82, 2.24) is 19.7 Å². The number of aryl methyl sites for hydroxylation is 4. The number of ether oxygens (including phenoxy) is 1. The lowest BCUT2D eigenvalue weighted by Crippen LogP contribution is -2.10. The summed E-state index contributed by atoms with van der Waals surface area (Å²) < 4.78 is 7.45. The van der Waals surface area contributed by atoms with Gasteiger partial charge in [0.15, 0.2) is 0 Å². The third kappa shape index (κ3) is 4.44. The maximum atomic E-state index is 5.42. The molecule has 114 valence electrons. The third-order valence-electron chi connectivity index (χ3n) is 3.06. The molecule has 2 aromatic rings. The summed E-state index contributed by atoms with van der Waals surface area (Å²) in [7, 11) is 0. The van der Waals surface area contributed by atoms with Gasteiger partial charge >= 0.3 is 0 Å². The van der Waals surface area contributed by atoms with Crippen LogP contribution in [0.15, 0.2) is 12.1 Å². The molecule has 0 atom stereocenters. The zero-order valence-corrected chi connectivity index (χ0v) is 13.2. The smallest absolute Gasteiger partial charge is 0.218 e. The van der Waals surface area contributed by atoms with Gasteiger partial charge in [-0.15, -0.1) is 0 Å². The highest BCUT2D eigenvalue weighted by molar-refractivity contribution is 5.38. The topological polar surface area (TPSA) is 64.9 Å². The normalized spacial score (nSPS) is 10.7. The van der Waals surface area contributed by atoms with Crippen molar-refractivity contribution in [2.24, 2.45) is 0 Å². The molecule has 6 heteroatoms. The van der Waals surface area contributed by atoms with Gasteiger partial charge in [-0.05, 0) is 40.2 Å². The van der Waals surface area contributed by atoms with Gasteiger partial charge in [0.1, 0.15) is 11.6 Å². The van der Waals surface area contributed by atoms with E-state index in [9.17, 15) is 0 Å². The summed E-state index contributed by atoms with van der Waals surface area (Å²) in [5.74, 6) is 2.13. The van der Waals surface area contributed by atoms with Gasteiger partial charge < -0.3 is 10.1 Å². The molecule has 0 radical (unpaired) electrons. The van der Waals surface area contributed by atoms with Gasteiger partial charge in [0.05, 0.1) is 12.3 Å². The Kier molecular flexibility index (Phi) is 5.14. The first-order chi connectivity index (χ1) is 10.1. The lowest BCUT2D eigenvalue weighted by atomic mass is 10.4. The van der Waals surface area contributed by atoms with E-state index in [-0.39, 0.29) is 0 Å². The summed E-state index contributed by atoms with van der Waals surface area (Å²) in [5, 5.41) is 7.76. The van der Waals surface area contributed by atoms with E-state index in [0.717, 1.165) is 31.0 Å². The van der Waals surface area contributed by atoms with E-state index >= 15 is 0 Å². The van der Waals surface area contributed by atoms with E-state index in [0.29, 0.717) is 18.3 Å². The second kappa shape index (κ2) is 7.06. The van der Waals surface area contributed by atoms with Crippen molar-refractivity contribution in [1.29, 1.82) is 0 Å². The van der Waals surface area contributed by atoms with Gasteiger partial charge in [-0.3, -0.25) is 4.68 Å². The Bertz CT molecular complexity index is 594. The molecule has 21 heavy (non-hydrogen) atoms. The van der Waals surface area contributed by atoms with Crippen LogP contribution in [0.5, 0.6) is 5.88 Å². The minimum atomic E-state index is 0.605. The molecule has 0 aliphatic rings. The number of anilines is 1. The fraction of sp³-hybridized carbons (Fsp3) is 0.533. The van der Waals surface area contributed by atoms with E-state index in [1.54, 1.807) is 0 Å². The molecule has 2 heterocycles. The summed E-state index contributed by atoms with van der Waals surface area (Å²) in [6.45, 7) is 10.2. The lowest BCUT2D eigenvalue weighted by Gasteiger charge is -2.09. The van der Waals surface area contributed by atoms with E-state index in [4.69, 9.17) is 4.74 Å². The Hall–Kier alpha value is -2.11. The Morgan fingerprint density at radius 3 is 2.67 bits per heavy atom. The number of nitrogens with zero attached hydrogens (tertiary/aromatic N) is 4. The molecule has 0 fully saturated rings. The van der Waals surface area contributed by atoms with Crippen molar-refractivity contribution in [3.63, 3.8) is 0 Å². The van der Waals surface area contributed by atoms with Gasteiger partial charge in [-0.1, -0.05) is 0 Å². The summed E-state index contributed by atoms with van der Waals surface area (Å²) in [6, 6.07) is 3.93. The number of hydrogen-bond acceptors (Lipinski definition) is 5. The van der Waals surface area contributed by atoms with E-state index < -0.39 is 0 Å². The maximum Gasteiger partial charge on any atom is 0.218 e. The molecule has 6 nitrogen and oxygen atoms in total. The third-order valence-corrected chi connectivity index (χ3v) is 3.06. The standard InChI is InChI=1S/C15H23N5O/c1-5-21-15-10-14(17-13(4)18-15)16-7-6-8-20-12(3)9-11(2)19-20/h9-10H,5-8H2,1-4H3,(H,16,17,18). The molecule has 0 aliphatic heterocycles. The summed E-state index contributed by atoms with van der Waals surface area (Å²) >= 11 is 0. The Balaban J connectivity index is 1.84. The number of nitrogens with one attached hydrogen (secondary N) is 1. The van der Waals surface area contributed by atoms with E-state index in [1.807, 2.05) is 31.5 Å². The first kappa shape index (κ1) is 15.3. The van der Waals surface area contributed by atoms with Gasteiger partial charge in [0, 0.05) is 24.8 Å². The molecule has 0 bridgehead atoms. The Labute approximate surface area is 125 Å². The molecule has 2 rings (SSSR count). The van der Waals surface area contributed by atoms with Crippen LogP contribution in [0.3, 0.4) is 0 Å². The van der Waals surface area contributed by atoms with Crippen LogP contribution in [-0.4, -0.2) is 32.9 Å². The predicted octanol–water partition coefficient (Wildman–Crippen LogP) is 2.50. The van der Waals surface area contributed by atoms with Crippen molar-refractivity contribution < 1.29 is 4.74 Å². The average Bonchev–Trinajstić information content (AvgIpc) is 2.73. The second-order valence-electron chi connectivity index (χ2n) is 5.00. The Morgan fingerprint density at radius 1 is 1.19 bits per heavy atom. The van der Waals surface area contributed by atoms with Crippen LogP contribution < -0.4 is 10.1 Å². The molecule has 0 amide bonds. The molecule has 0 aliphatic carbocycles. The van der Waals surface area contributed by atoms with Crippen molar-refractivity contribution in [2.75, 3.05) is 18.5 Å². The van der Waals surface area contributed by atoms with Crippen molar-refractivity contribution >= 4 is 5.82 Å². The predicted molar refractivity (Wildman–Crippen MR) is 82.7 cm³/mol. The fourth-order valence-electron chi connectivity index (χ4n) is 2.20. The summed E-state index contributed by atoms with van der Waals surface area (Å²) in [4.78, 5) is 8.58.